The number of nitrogens with zero attached hydrogens (tertiary/aromatic N) is 1. The van der Waals surface area contributed by atoms with Crippen molar-refractivity contribution in [3.05, 3.63) is 21.1 Å². The summed E-state index contributed by atoms with van der Waals surface area (Å²) in [4.78, 5) is 4.28. The third-order valence-electron chi connectivity index (χ3n) is 2.47. The van der Waals surface area contributed by atoms with Crippen LogP contribution in [0.3, 0.4) is 0 Å². The average Bonchev–Trinajstić information content (AvgIpc) is 2.78. The molecule has 2 rings (SSSR count). The van der Waals surface area contributed by atoms with Gasteiger partial charge in [-0.15, -0.1) is 0 Å². The fraction of sp³-hybridized carbons (Fsp3) is 0.364. The van der Waals surface area contributed by atoms with Gasteiger partial charge in [-0.25, -0.2) is 0 Å². The van der Waals surface area contributed by atoms with E-state index in [0.29, 0.717) is 10.8 Å². The van der Waals surface area contributed by atoms with Crippen molar-refractivity contribution in [3.8, 4) is 5.75 Å². The highest BCUT2D eigenvalue weighted by Gasteiger charge is 2.17. The average molecular weight is 319 g/mol. The van der Waals surface area contributed by atoms with Crippen LogP contribution in [0.5, 0.6) is 5.75 Å². The summed E-state index contributed by atoms with van der Waals surface area (Å²) in [7, 11) is 1.60. The van der Waals surface area contributed by atoms with Crippen LogP contribution in [-0.4, -0.2) is 26.2 Å². The summed E-state index contributed by atoms with van der Waals surface area (Å²) in [6.45, 7) is 3.61. The van der Waals surface area contributed by atoms with Crippen molar-refractivity contribution in [1.82, 2.24) is 5.32 Å². The van der Waals surface area contributed by atoms with Gasteiger partial charge in [-0.2, -0.15) is 0 Å². The lowest BCUT2D eigenvalue weighted by atomic mass is 10.2. The molecule has 0 radical (unpaired) electrons. The molecule has 1 aromatic carbocycles. The largest absolute Gasteiger partial charge is 0.493 e. The maximum Gasteiger partial charge on any atom is 0.196 e. The van der Waals surface area contributed by atoms with Gasteiger partial charge in [0.05, 0.1) is 24.4 Å². The Kier molecular flexibility index (Phi) is 3.79. The van der Waals surface area contributed by atoms with Crippen molar-refractivity contribution in [2.75, 3.05) is 25.5 Å². The molecule has 1 heterocycles. The number of ether oxygens (including phenoxy) is 1. The van der Waals surface area contributed by atoms with Crippen LogP contribution in [0.2, 0.25) is 5.02 Å². The molecule has 0 saturated carbocycles. The Bertz CT molecular complexity index is 476. The van der Waals surface area contributed by atoms with Crippen LogP contribution in [-0.2, 0) is 0 Å². The van der Waals surface area contributed by atoms with Gasteiger partial charge in [0.15, 0.2) is 11.7 Å². The molecule has 0 aromatic heterocycles. The van der Waals surface area contributed by atoms with Crippen LogP contribution in [0.15, 0.2) is 15.5 Å². The Hall–Kier alpha value is -0.940. The van der Waals surface area contributed by atoms with Gasteiger partial charge in [0.25, 0.3) is 0 Å². The second kappa shape index (κ2) is 5.14. The highest BCUT2D eigenvalue weighted by Crippen LogP contribution is 2.40. The van der Waals surface area contributed by atoms with E-state index in [1.54, 1.807) is 7.11 Å². The standard InChI is InChI=1S/C11H13BrClN3O/c1-6-5-7(13)10(17-2)9(8(6)12)16-11-14-3-4-15-11/h5H,3-4H2,1-2H3,(H2,14,15,16). The maximum absolute atomic E-state index is 6.15. The number of hydrogen-bond acceptors (Lipinski definition) is 4. The van der Waals surface area contributed by atoms with Crippen molar-refractivity contribution in [1.29, 1.82) is 0 Å². The first-order chi connectivity index (χ1) is 8.13. The minimum Gasteiger partial charge on any atom is -0.493 e. The Labute approximate surface area is 114 Å². The van der Waals surface area contributed by atoms with Gasteiger partial charge in [-0.3, -0.25) is 4.99 Å². The zero-order chi connectivity index (χ0) is 12.4. The molecule has 6 heteroatoms. The summed E-state index contributed by atoms with van der Waals surface area (Å²) >= 11 is 9.68. The van der Waals surface area contributed by atoms with Gasteiger partial charge < -0.3 is 15.4 Å². The van der Waals surface area contributed by atoms with E-state index < -0.39 is 0 Å². The zero-order valence-corrected chi connectivity index (χ0v) is 11.9. The minimum absolute atomic E-state index is 0.578. The molecule has 0 bridgehead atoms. The quantitative estimate of drug-likeness (QED) is 0.881. The van der Waals surface area contributed by atoms with Gasteiger partial charge in [0.2, 0.25) is 0 Å². The van der Waals surface area contributed by atoms with Gasteiger partial charge >= 0.3 is 0 Å². The molecule has 1 aliphatic heterocycles. The summed E-state index contributed by atoms with van der Waals surface area (Å²) in [5, 5.41) is 6.91. The van der Waals surface area contributed by atoms with E-state index in [1.165, 1.54) is 0 Å². The summed E-state index contributed by atoms with van der Waals surface area (Å²) in [6, 6.07) is 1.86. The van der Waals surface area contributed by atoms with Crippen LogP contribution in [0.25, 0.3) is 0 Å². The molecular weight excluding hydrogens is 305 g/mol. The lowest BCUT2D eigenvalue weighted by molar-refractivity contribution is 0.417. The van der Waals surface area contributed by atoms with Crippen molar-refractivity contribution in [2.45, 2.75) is 6.92 Å². The minimum atomic E-state index is 0.578. The molecule has 4 nitrogen and oxygen atoms in total. The number of methoxy groups -OCH3 is 1. The maximum atomic E-state index is 6.15. The topological polar surface area (TPSA) is 45.6 Å². The zero-order valence-electron chi connectivity index (χ0n) is 9.60. The van der Waals surface area contributed by atoms with E-state index in [4.69, 9.17) is 16.3 Å². The van der Waals surface area contributed by atoms with Crippen LogP contribution < -0.4 is 15.4 Å². The van der Waals surface area contributed by atoms with E-state index in [1.807, 2.05) is 13.0 Å². The van der Waals surface area contributed by atoms with E-state index in [9.17, 15) is 0 Å². The molecule has 0 amide bonds. The molecule has 0 saturated heterocycles. The number of nitrogens with one attached hydrogen (secondary N) is 2. The van der Waals surface area contributed by atoms with E-state index in [-0.39, 0.29) is 0 Å². The molecule has 1 aromatic rings. The molecule has 0 atom stereocenters. The smallest absolute Gasteiger partial charge is 0.196 e. The predicted molar refractivity (Wildman–Crippen MR) is 74.4 cm³/mol. The number of guanidine groups is 1. The Morgan fingerprint density at radius 3 is 2.94 bits per heavy atom. The first-order valence-corrected chi connectivity index (χ1v) is 6.38. The van der Waals surface area contributed by atoms with Crippen molar-refractivity contribution in [3.63, 3.8) is 0 Å². The third-order valence-corrected chi connectivity index (χ3v) is 3.78. The predicted octanol–water partition coefficient (Wildman–Crippen LogP) is 2.79. The number of rotatable bonds is 2. The lowest BCUT2D eigenvalue weighted by Crippen LogP contribution is -2.26. The fourth-order valence-corrected chi connectivity index (χ4v) is 2.38. The Morgan fingerprint density at radius 1 is 1.59 bits per heavy atom. The molecular formula is C11H13BrClN3O. The first kappa shape index (κ1) is 12.5. The second-order valence-electron chi connectivity index (χ2n) is 3.68. The summed E-state index contributed by atoms with van der Waals surface area (Å²) in [6.07, 6.45) is 0. The number of hydrogen-bond donors (Lipinski definition) is 2. The summed E-state index contributed by atoms with van der Waals surface area (Å²) < 4.78 is 6.24. The van der Waals surface area contributed by atoms with Crippen LogP contribution in [0, 0.1) is 6.92 Å². The van der Waals surface area contributed by atoms with Crippen LogP contribution in [0.1, 0.15) is 5.56 Å². The first-order valence-electron chi connectivity index (χ1n) is 5.21. The molecule has 17 heavy (non-hydrogen) atoms. The molecule has 0 fully saturated rings. The monoisotopic (exact) mass is 317 g/mol. The molecule has 0 aliphatic carbocycles. The third kappa shape index (κ3) is 2.50. The molecule has 92 valence electrons. The van der Waals surface area contributed by atoms with Gasteiger partial charge in [0.1, 0.15) is 0 Å². The van der Waals surface area contributed by atoms with Crippen LogP contribution >= 0.6 is 27.5 Å². The summed E-state index contributed by atoms with van der Waals surface area (Å²) in [5.41, 5.74) is 1.84. The van der Waals surface area contributed by atoms with Gasteiger partial charge in [-0.1, -0.05) is 11.6 Å². The molecule has 1 aliphatic rings. The van der Waals surface area contributed by atoms with E-state index in [2.05, 4.69) is 31.6 Å². The van der Waals surface area contributed by atoms with E-state index >= 15 is 0 Å². The Morgan fingerprint density at radius 2 is 2.35 bits per heavy atom. The number of halogens is 2. The highest BCUT2D eigenvalue weighted by molar-refractivity contribution is 9.10. The number of aliphatic imine (C=N–C) groups is 1. The molecule has 0 unspecified atom stereocenters. The molecule has 0 spiro atoms. The number of benzene rings is 1. The van der Waals surface area contributed by atoms with Crippen molar-refractivity contribution >= 4 is 39.2 Å². The van der Waals surface area contributed by atoms with Gasteiger partial charge in [0, 0.05) is 11.0 Å². The highest BCUT2D eigenvalue weighted by atomic mass is 79.9. The normalized spacial score (nSPS) is 14.2. The van der Waals surface area contributed by atoms with E-state index in [0.717, 1.165) is 34.8 Å². The van der Waals surface area contributed by atoms with Crippen molar-refractivity contribution < 1.29 is 4.74 Å². The lowest BCUT2D eigenvalue weighted by Gasteiger charge is -2.16. The molecule has 2 N–H and O–H groups in total. The van der Waals surface area contributed by atoms with Gasteiger partial charge in [-0.05, 0) is 34.5 Å². The SMILES string of the molecule is COc1c(Cl)cc(C)c(Br)c1NC1=NCCN1. The number of aryl methyl sites for hydroxylation is 1. The Balaban J connectivity index is 2.42. The second-order valence-corrected chi connectivity index (χ2v) is 4.88. The summed E-state index contributed by atoms with van der Waals surface area (Å²) in [5.74, 6) is 1.35. The number of anilines is 1. The van der Waals surface area contributed by atoms with Crippen molar-refractivity contribution in [2.24, 2.45) is 4.99 Å². The van der Waals surface area contributed by atoms with Crippen LogP contribution in [0.4, 0.5) is 5.69 Å². The fourth-order valence-electron chi connectivity index (χ4n) is 1.65.